The lowest BCUT2D eigenvalue weighted by Gasteiger charge is -2.19. The molecule has 2 aromatic heterocycles. The summed E-state index contributed by atoms with van der Waals surface area (Å²) < 4.78 is 0. The molecule has 92 valence electrons. The SMILES string of the molecule is NC=CN(Cc1ccccn1)Cc1ccccn1. The number of pyridine rings is 2. The van der Waals surface area contributed by atoms with Crippen molar-refractivity contribution in [3.8, 4) is 0 Å². The average Bonchev–Trinajstić information content (AvgIpc) is 2.41. The molecule has 0 radical (unpaired) electrons. The molecule has 0 spiro atoms. The Morgan fingerprint density at radius 3 is 1.89 bits per heavy atom. The molecule has 0 saturated heterocycles. The summed E-state index contributed by atoms with van der Waals surface area (Å²) in [6.45, 7) is 1.43. The van der Waals surface area contributed by atoms with Gasteiger partial charge < -0.3 is 10.6 Å². The van der Waals surface area contributed by atoms with Crippen LogP contribution in [0.25, 0.3) is 0 Å². The zero-order chi connectivity index (χ0) is 12.6. The van der Waals surface area contributed by atoms with Gasteiger partial charge in [0.25, 0.3) is 0 Å². The molecule has 0 aliphatic rings. The minimum absolute atomic E-state index is 0.713. The second-order valence-corrected chi connectivity index (χ2v) is 3.89. The Labute approximate surface area is 107 Å². The standard InChI is InChI=1S/C14H16N4/c15-7-10-18(11-13-5-1-3-8-16-13)12-14-6-2-4-9-17-14/h1-10H,11-12,15H2. The molecule has 0 aliphatic carbocycles. The summed E-state index contributed by atoms with van der Waals surface area (Å²) in [5.74, 6) is 0. The third kappa shape index (κ3) is 3.59. The van der Waals surface area contributed by atoms with E-state index in [0.717, 1.165) is 11.4 Å². The maximum Gasteiger partial charge on any atom is 0.0601 e. The first-order valence-corrected chi connectivity index (χ1v) is 5.81. The Morgan fingerprint density at radius 1 is 0.944 bits per heavy atom. The Balaban J connectivity index is 2.05. The van der Waals surface area contributed by atoms with Crippen molar-refractivity contribution < 1.29 is 0 Å². The first-order valence-electron chi connectivity index (χ1n) is 5.81. The Kier molecular flexibility index (Phi) is 4.30. The smallest absolute Gasteiger partial charge is 0.0601 e. The van der Waals surface area contributed by atoms with E-state index in [1.165, 1.54) is 6.20 Å². The summed E-state index contributed by atoms with van der Waals surface area (Å²) in [6, 6.07) is 11.8. The van der Waals surface area contributed by atoms with Gasteiger partial charge in [-0.3, -0.25) is 9.97 Å². The predicted molar refractivity (Wildman–Crippen MR) is 71.0 cm³/mol. The summed E-state index contributed by atoms with van der Waals surface area (Å²) >= 11 is 0. The highest BCUT2D eigenvalue weighted by Gasteiger charge is 2.03. The molecule has 2 heterocycles. The van der Waals surface area contributed by atoms with Gasteiger partial charge in [-0.25, -0.2) is 0 Å². The predicted octanol–water partition coefficient (Wildman–Crippen LogP) is 1.91. The van der Waals surface area contributed by atoms with Crippen LogP contribution in [-0.2, 0) is 13.1 Å². The lowest BCUT2D eigenvalue weighted by molar-refractivity contribution is 0.352. The van der Waals surface area contributed by atoms with Crippen LogP contribution in [0.15, 0.2) is 61.2 Å². The number of nitrogens with two attached hydrogens (primary N) is 1. The molecule has 0 unspecified atom stereocenters. The van der Waals surface area contributed by atoms with Gasteiger partial charge in [0.2, 0.25) is 0 Å². The monoisotopic (exact) mass is 240 g/mol. The summed E-state index contributed by atoms with van der Waals surface area (Å²) in [6.07, 6.45) is 6.97. The van der Waals surface area contributed by atoms with Gasteiger partial charge in [0.05, 0.1) is 24.5 Å². The minimum Gasteiger partial charge on any atom is -0.403 e. The summed E-state index contributed by atoms with van der Waals surface area (Å²) in [4.78, 5) is 10.7. The third-order valence-electron chi connectivity index (χ3n) is 2.48. The number of hydrogen-bond donors (Lipinski definition) is 1. The summed E-state index contributed by atoms with van der Waals surface area (Å²) in [5, 5.41) is 0. The van der Waals surface area contributed by atoms with Crippen molar-refractivity contribution in [3.63, 3.8) is 0 Å². The Hall–Kier alpha value is -2.36. The lowest BCUT2D eigenvalue weighted by Crippen LogP contribution is -2.18. The van der Waals surface area contributed by atoms with Crippen LogP contribution in [0.5, 0.6) is 0 Å². The van der Waals surface area contributed by atoms with Crippen molar-refractivity contribution in [3.05, 3.63) is 72.6 Å². The molecule has 0 saturated carbocycles. The molecule has 2 N–H and O–H groups in total. The second kappa shape index (κ2) is 6.39. The van der Waals surface area contributed by atoms with Crippen LogP contribution in [-0.4, -0.2) is 14.9 Å². The van der Waals surface area contributed by atoms with Crippen molar-refractivity contribution in [1.82, 2.24) is 14.9 Å². The van der Waals surface area contributed by atoms with Crippen molar-refractivity contribution in [2.75, 3.05) is 0 Å². The molecule has 2 aromatic rings. The van der Waals surface area contributed by atoms with Crippen LogP contribution in [0, 0.1) is 0 Å². The molecule has 4 nitrogen and oxygen atoms in total. The van der Waals surface area contributed by atoms with E-state index in [1.54, 1.807) is 12.4 Å². The van der Waals surface area contributed by atoms with Gasteiger partial charge in [-0.1, -0.05) is 12.1 Å². The molecule has 2 rings (SSSR count). The van der Waals surface area contributed by atoms with Crippen molar-refractivity contribution in [2.24, 2.45) is 5.73 Å². The van der Waals surface area contributed by atoms with Crippen LogP contribution >= 0.6 is 0 Å². The molecule has 0 fully saturated rings. The van der Waals surface area contributed by atoms with Crippen LogP contribution in [0.2, 0.25) is 0 Å². The number of nitrogens with zero attached hydrogens (tertiary/aromatic N) is 3. The highest BCUT2D eigenvalue weighted by molar-refractivity contribution is 5.07. The second-order valence-electron chi connectivity index (χ2n) is 3.89. The maximum atomic E-state index is 5.47. The summed E-state index contributed by atoms with van der Waals surface area (Å²) in [7, 11) is 0. The van der Waals surface area contributed by atoms with E-state index in [2.05, 4.69) is 14.9 Å². The van der Waals surface area contributed by atoms with Gasteiger partial charge in [-0.2, -0.15) is 0 Å². The minimum atomic E-state index is 0.713. The van der Waals surface area contributed by atoms with Crippen LogP contribution < -0.4 is 5.73 Å². The highest BCUT2D eigenvalue weighted by atomic mass is 15.1. The lowest BCUT2D eigenvalue weighted by atomic mass is 10.3. The van der Waals surface area contributed by atoms with E-state index >= 15 is 0 Å². The molecule has 0 aromatic carbocycles. The first kappa shape index (κ1) is 12.1. The van der Waals surface area contributed by atoms with Crippen LogP contribution in [0.3, 0.4) is 0 Å². The molecular weight excluding hydrogens is 224 g/mol. The normalized spacial score (nSPS) is 10.7. The van der Waals surface area contributed by atoms with E-state index < -0.39 is 0 Å². The molecule has 0 atom stereocenters. The van der Waals surface area contributed by atoms with E-state index in [4.69, 9.17) is 5.73 Å². The van der Waals surface area contributed by atoms with Gasteiger partial charge in [0, 0.05) is 24.8 Å². The van der Waals surface area contributed by atoms with Gasteiger partial charge in [0.15, 0.2) is 0 Å². The van der Waals surface area contributed by atoms with Crippen molar-refractivity contribution in [2.45, 2.75) is 13.1 Å². The number of hydrogen-bond acceptors (Lipinski definition) is 4. The molecule has 0 amide bonds. The fraction of sp³-hybridized carbons (Fsp3) is 0.143. The van der Waals surface area contributed by atoms with Crippen molar-refractivity contribution >= 4 is 0 Å². The van der Waals surface area contributed by atoms with E-state index in [0.29, 0.717) is 13.1 Å². The molecule has 0 aliphatic heterocycles. The molecule has 0 bridgehead atoms. The fourth-order valence-corrected chi connectivity index (χ4v) is 1.68. The molecule has 4 heteroatoms. The van der Waals surface area contributed by atoms with Crippen LogP contribution in [0.1, 0.15) is 11.4 Å². The van der Waals surface area contributed by atoms with Crippen LogP contribution in [0.4, 0.5) is 0 Å². The molecular formula is C14H16N4. The van der Waals surface area contributed by atoms with E-state index in [9.17, 15) is 0 Å². The number of rotatable bonds is 5. The van der Waals surface area contributed by atoms with Gasteiger partial charge >= 0.3 is 0 Å². The van der Waals surface area contributed by atoms with Gasteiger partial charge in [-0.15, -0.1) is 0 Å². The first-order chi connectivity index (χ1) is 8.88. The fourth-order valence-electron chi connectivity index (χ4n) is 1.68. The third-order valence-corrected chi connectivity index (χ3v) is 2.48. The Bertz CT molecular complexity index is 440. The van der Waals surface area contributed by atoms with Gasteiger partial charge in [0.1, 0.15) is 0 Å². The molecule has 18 heavy (non-hydrogen) atoms. The largest absolute Gasteiger partial charge is 0.403 e. The quantitative estimate of drug-likeness (QED) is 0.867. The van der Waals surface area contributed by atoms with E-state index in [1.807, 2.05) is 42.6 Å². The zero-order valence-corrected chi connectivity index (χ0v) is 10.1. The van der Waals surface area contributed by atoms with Crippen molar-refractivity contribution in [1.29, 1.82) is 0 Å². The highest BCUT2D eigenvalue weighted by Crippen LogP contribution is 2.06. The average molecular weight is 240 g/mol. The maximum absolute atomic E-state index is 5.47. The number of aromatic nitrogens is 2. The van der Waals surface area contributed by atoms with Gasteiger partial charge in [-0.05, 0) is 24.3 Å². The van der Waals surface area contributed by atoms with E-state index in [-0.39, 0.29) is 0 Å². The zero-order valence-electron chi connectivity index (χ0n) is 10.1. The topological polar surface area (TPSA) is 55.0 Å². The Morgan fingerprint density at radius 2 is 1.50 bits per heavy atom. The summed E-state index contributed by atoms with van der Waals surface area (Å²) in [5.41, 5.74) is 7.49.